The predicted octanol–water partition coefficient (Wildman–Crippen LogP) is 6.37. The number of aryl methyl sites for hydroxylation is 1. The average Bonchev–Trinajstić information content (AvgIpc) is 3.56. The Kier molecular flexibility index (Phi) is 5.31. The number of benzene rings is 3. The van der Waals surface area contributed by atoms with Crippen molar-refractivity contribution in [1.29, 1.82) is 0 Å². The summed E-state index contributed by atoms with van der Waals surface area (Å²) in [6.07, 6.45) is 1.88. The number of carbonyl (C=O) groups excluding carboxylic acids is 2. The zero-order valence-corrected chi connectivity index (χ0v) is 20.7. The van der Waals surface area contributed by atoms with Crippen LogP contribution in [0.25, 0.3) is 21.9 Å². The van der Waals surface area contributed by atoms with Crippen LogP contribution in [-0.4, -0.2) is 28.5 Å². The lowest BCUT2D eigenvalue weighted by molar-refractivity contribution is -0.117. The van der Waals surface area contributed by atoms with Gasteiger partial charge in [0.1, 0.15) is 11.3 Å². The summed E-state index contributed by atoms with van der Waals surface area (Å²) >= 11 is 6.11. The van der Waals surface area contributed by atoms with E-state index in [1.165, 1.54) is 4.90 Å². The number of aliphatic hydroxyl groups excluding tert-OH is 1. The summed E-state index contributed by atoms with van der Waals surface area (Å²) in [5, 5.41) is 13.1. The molecule has 6 rings (SSSR count). The quantitative estimate of drug-likeness (QED) is 0.277. The van der Waals surface area contributed by atoms with Crippen molar-refractivity contribution < 1.29 is 23.8 Å². The summed E-state index contributed by atoms with van der Waals surface area (Å²) < 4.78 is 13.0. The lowest BCUT2D eigenvalue weighted by atomic mass is 9.94. The fourth-order valence-electron chi connectivity index (χ4n) is 4.99. The molecule has 0 bridgehead atoms. The van der Waals surface area contributed by atoms with E-state index in [1.54, 1.807) is 55.6 Å². The number of methoxy groups -OCH3 is 1. The minimum atomic E-state index is -0.892. The molecule has 5 aromatic rings. The molecule has 0 saturated heterocycles. The number of furan rings is 1. The van der Waals surface area contributed by atoms with Crippen molar-refractivity contribution in [2.45, 2.75) is 6.04 Å². The number of fused-ring (bicyclic) bond motifs is 2. The third kappa shape index (κ3) is 3.58. The Labute approximate surface area is 216 Å². The highest BCUT2D eigenvalue weighted by atomic mass is 35.5. The highest BCUT2D eigenvalue weighted by molar-refractivity contribution is 6.31. The van der Waals surface area contributed by atoms with Gasteiger partial charge in [0.05, 0.1) is 18.7 Å². The average molecular weight is 513 g/mol. The Bertz CT molecular complexity index is 1750. The molecule has 3 aromatic carbocycles. The van der Waals surface area contributed by atoms with E-state index in [0.717, 1.165) is 10.9 Å². The fraction of sp³-hybridized carbons (Fsp3) is 0.103. The standard InChI is InChI=1S/C29H21ClN2O5/c1-31-15-21(20-5-3-4-6-22(20)31)26-25(27(33)24-14-16-13-17(30)7-12-23(16)37-24)28(34)29(35)32(26)18-8-10-19(36-2)11-9-18/h3-15,26,34H,1-2H3. The van der Waals surface area contributed by atoms with Crippen LogP contribution in [0, 0.1) is 0 Å². The minimum absolute atomic E-state index is 0.00781. The van der Waals surface area contributed by atoms with Crippen molar-refractivity contribution in [3.63, 3.8) is 0 Å². The van der Waals surface area contributed by atoms with E-state index in [1.807, 2.05) is 42.1 Å². The molecule has 3 heterocycles. The normalized spacial score (nSPS) is 15.8. The number of hydrogen-bond donors (Lipinski definition) is 1. The molecule has 1 amide bonds. The first-order chi connectivity index (χ1) is 17.9. The van der Waals surface area contributed by atoms with Crippen molar-refractivity contribution in [3.05, 3.63) is 107 Å². The van der Waals surface area contributed by atoms with Crippen molar-refractivity contribution in [2.24, 2.45) is 7.05 Å². The number of rotatable bonds is 5. The maximum absolute atomic E-state index is 13.9. The molecule has 0 saturated carbocycles. The van der Waals surface area contributed by atoms with Crippen molar-refractivity contribution >= 4 is 50.9 Å². The van der Waals surface area contributed by atoms with Gasteiger partial charge in [-0.05, 0) is 54.6 Å². The van der Waals surface area contributed by atoms with Crippen molar-refractivity contribution in [3.8, 4) is 5.75 Å². The summed E-state index contributed by atoms with van der Waals surface area (Å²) in [6, 6.07) is 20.3. The molecule has 1 atom stereocenters. The van der Waals surface area contributed by atoms with E-state index in [4.69, 9.17) is 20.8 Å². The van der Waals surface area contributed by atoms with E-state index >= 15 is 0 Å². The van der Waals surface area contributed by atoms with Gasteiger partial charge in [-0.3, -0.25) is 14.5 Å². The Morgan fingerprint density at radius 1 is 1.05 bits per heavy atom. The summed E-state index contributed by atoms with van der Waals surface area (Å²) in [7, 11) is 3.45. The monoisotopic (exact) mass is 512 g/mol. The van der Waals surface area contributed by atoms with E-state index in [9.17, 15) is 14.7 Å². The predicted molar refractivity (Wildman–Crippen MR) is 141 cm³/mol. The summed E-state index contributed by atoms with van der Waals surface area (Å²) in [4.78, 5) is 28.9. The molecule has 1 unspecified atom stereocenters. The van der Waals surface area contributed by atoms with Crippen LogP contribution < -0.4 is 9.64 Å². The zero-order chi connectivity index (χ0) is 25.8. The second-order valence-electron chi connectivity index (χ2n) is 8.87. The topological polar surface area (TPSA) is 84.9 Å². The fourth-order valence-corrected chi connectivity index (χ4v) is 5.17. The zero-order valence-electron chi connectivity index (χ0n) is 19.9. The summed E-state index contributed by atoms with van der Waals surface area (Å²) in [5.74, 6) is -1.24. The number of ketones is 1. The smallest absolute Gasteiger partial charge is 0.294 e. The molecule has 1 aliphatic rings. The highest BCUT2D eigenvalue weighted by Crippen LogP contribution is 2.45. The van der Waals surface area contributed by atoms with Crippen LogP contribution in [0.5, 0.6) is 5.75 Å². The number of nitrogens with zero attached hydrogens (tertiary/aromatic N) is 2. The van der Waals surface area contributed by atoms with Crippen LogP contribution in [0.15, 0.2) is 94.7 Å². The van der Waals surface area contributed by atoms with Crippen LogP contribution >= 0.6 is 11.6 Å². The van der Waals surface area contributed by atoms with Gasteiger partial charge >= 0.3 is 0 Å². The van der Waals surface area contributed by atoms with E-state index in [0.29, 0.717) is 33.0 Å². The van der Waals surface area contributed by atoms with Gasteiger partial charge in [-0.2, -0.15) is 0 Å². The SMILES string of the molecule is COc1ccc(N2C(=O)C(O)=C(C(=O)c3cc4cc(Cl)ccc4o3)C2c2cn(C)c3ccccc23)cc1. The Morgan fingerprint density at radius 2 is 1.81 bits per heavy atom. The van der Waals surface area contributed by atoms with Crippen molar-refractivity contribution in [2.75, 3.05) is 12.0 Å². The molecule has 1 N–H and O–H groups in total. The molecule has 1 aliphatic heterocycles. The highest BCUT2D eigenvalue weighted by Gasteiger charge is 2.46. The molecular formula is C29H21ClN2O5. The number of hydrogen-bond acceptors (Lipinski definition) is 5. The van der Waals surface area contributed by atoms with Crippen molar-refractivity contribution in [1.82, 2.24) is 4.57 Å². The van der Waals surface area contributed by atoms with Crippen LogP contribution in [-0.2, 0) is 11.8 Å². The third-order valence-corrected chi connectivity index (χ3v) is 6.96. The number of Topliss-reactive ketones (excluding diaryl/α,β-unsaturated/α-hetero) is 1. The largest absolute Gasteiger partial charge is 0.503 e. The maximum atomic E-state index is 13.9. The van der Waals surface area contributed by atoms with Gasteiger partial charge < -0.3 is 18.8 Å². The first kappa shape index (κ1) is 22.9. The van der Waals surface area contributed by atoms with E-state index in [2.05, 4.69) is 0 Å². The van der Waals surface area contributed by atoms with Gasteiger partial charge in [0.15, 0.2) is 11.5 Å². The molecule has 37 heavy (non-hydrogen) atoms. The second-order valence-corrected chi connectivity index (χ2v) is 9.31. The number of ether oxygens (including phenoxy) is 1. The first-order valence-electron chi connectivity index (χ1n) is 11.6. The third-order valence-electron chi connectivity index (χ3n) is 6.73. The molecule has 184 valence electrons. The van der Waals surface area contributed by atoms with Crippen LogP contribution in [0.3, 0.4) is 0 Å². The molecule has 0 aliphatic carbocycles. The molecule has 0 fully saturated rings. The number of carbonyl (C=O) groups is 2. The van der Waals surface area contributed by atoms with Gasteiger partial charge in [0, 0.05) is 45.8 Å². The van der Waals surface area contributed by atoms with Crippen LogP contribution in [0.4, 0.5) is 5.69 Å². The van der Waals surface area contributed by atoms with E-state index in [-0.39, 0.29) is 11.3 Å². The Morgan fingerprint density at radius 3 is 2.57 bits per heavy atom. The van der Waals surface area contributed by atoms with Gasteiger partial charge in [-0.25, -0.2) is 0 Å². The molecule has 2 aromatic heterocycles. The van der Waals surface area contributed by atoms with Gasteiger partial charge in [0.25, 0.3) is 5.91 Å². The lowest BCUT2D eigenvalue weighted by Crippen LogP contribution is -2.31. The van der Waals surface area contributed by atoms with Gasteiger partial charge in [0.2, 0.25) is 5.78 Å². The molecule has 0 radical (unpaired) electrons. The number of aliphatic hydroxyl groups is 1. The Hall–Kier alpha value is -4.49. The number of para-hydroxylation sites is 1. The molecule has 0 spiro atoms. The van der Waals surface area contributed by atoms with Gasteiger partial charge in [-0.1, -0.05) is 29.8 Å². The lowest BCUT2D eigenvalue weighted by Gasteiger charge is -2.26. The number of aromatic nitrogens is 1. The second kappa shape index (κ2) is 8.57. The summed E-state index contributed by atoms with van der Waals surface area (Å²) in [5.41, 5.74) is 2.56. The maximum Gasteiger partial charge on any atom is 0.294 e. The molecule has 8 heteroatoms. The molecule has 7 nitrogen and oxygen atoms in total. The molecular weight excluding hydrogens is 492 g/mol. The summed E-state index contributed by atoms with van der Waals surface area (Å²) in [6.45, 7) is 0. The van der Waals surface area contributed by atoms with E-state index < -0.39 is 23.5 Å². The Balaban J connectivity index is 1.55. The van der Waals surface area contributed by atoms with Gasteiger partial charge in [-0.15, -0.1) is 0 Å². The number of halogens is 1. The number of amides is 1. The minimum Gasteiger partial charge on any atom is -0.503 e. The number of anilines is 1. The first-order valence-corrected chi connectivity index (χ1v) is 11.9. The van der Waals surface area contributed by atoms with Crippen LogP contribution in [0.1, 0.15) is 22.2 Å². The van der Waals surface area contributed by atoms with Crippen LogP contribution in [0.2, 0.25) is 5.02 Å².